The van der Waals surface area contributed by atoms with Gasteiger partial charge in [0.05, 0.1) is 6.61 Å². The third kappa shape index (κ3) is 16.8. The Balaban J connectivity index is -0.00000144. The molecule has 0 rings (SSSR count). The first-order chi connectivity index (χ1) is 8.62. The molecular weight excluding hydrogens is 279 g/mol. The Bertz CT molecular complexity index is 275. The standard InChI is InChI=1S/C12H26O5S.Na.H/c1-2-3-4-5-6-7-8-9-10-11-12-16-18(14,15)17-13;;/h13H,2-12H2,1H3;;/q;+1;-1. The van der Waals surface area contributed by atoms with E-state index in [1.807, 2.05) is 0 Å². The molecule has 0 heterocycles. The van der Waals surface area contributed by atoms with Crippen LogP contribution in [0.3, 0.4) is 0 Å². The van der Waals surface area contributed by atoms with Gasteiger partial charge < -0.3 is 1.43 Å². The molecule has 0 atom stereocenters. The van der Waals surface area contributed by atoms with Crippen LogP contribution in [-0.2, 0) is 18.9 Å². The van der Waals surface area contributed by atoms with Gasteiger partial charge >= 0.3 is 40.0 Å². The van der Waals surface area contributed by atoms with Gasteiger partial charge in [0.15, 0.2) is 0 Å². The van der Waals surface area contributed by atoms with Crippen molar-refractivity contribution in [2.24, 2.45) is 0 Å². The van der Waals surface area contributed by atoms with Crippen LogP contribution >= 0.6 is 0 Å². The molecule has 0 aliphatic carbocycles. The van der Waals surface area contributed by atoms with Crippen molar-refractivity contribution >= 4 is 10.4 Å². The normalized spacial score (nSPS) is 11.3. The van der Waals surface area contributed by atoms with Gasteiger partial charge in [0.1, 0.15) is 0 Å². The Hall–Kier alpha value is 0.830. The van der Waals surface area contributed by atoms with Crippen molar-refractivity contribution < 1.29 is 53.2 Å². The van der Waals surface area contributed by atoms with E-state index in [4.69, 9.17) is 5.26 Å². The molecule has 0 spiro atoms. The Morgan fingerprint density at radius 2 is 1.32 bits per heavy atom. The zero-order chi connectivity index (χ0) is 13.7. The van der Waals surface area contributed by atoms with Crippen molar-refractivity contribution in [3.8, 4) is 0 Å². The molecule has 5 nitrogen and oxygen atoms in total. The molecule has 112 valence electrons. The van der Waals surface area contributed by atoms with E-state index in [9.17, 15) is 8.42 Å². The first-order valence-electron chi connectivity index (χ1n) is 6.85. The van der Waals surface area contributed by atoms with Crippen molar-refractivity contribution in [2.75, 3.05) is 6.61 Å². The molecule has 19 heavy (non-hydrogen) atoms. The Morgan fingerprint density at radius 1 is 0.895 bits per heavy atom. The maximum absolute atomic E-state index is 10.6. The van der Waals surface area contributed by atoms with Crippen molar-refractivity contribution in [3.63, 3.8) is 0 Å². The van der Waals surface area contributed by atoms with Gasteiger partial charge in [-0.15, -0.1) is 0 Å². The summed E-state index contributed by atoms with van der Waals surface area (Å²) in [5.41, 5.74) is 0. The van der Waals surface area contributed by atoms with Crippen LogP contribution in [0, 0.1) is 0 Å². The van der Waals surface area contributed by atoms with Crippen LogP contribution in [0.4, 0.5) is 0 Å². The molecule has 0 saturated heterocycles. The molecule has 0 aliphatic rings. The van der Waals surface area contributed by atoms with Crippen molar-refractivity contribution in [1.82, 2.24) is 0 Å². The molecule has 1 N–H and O–H groups in total. The second-order valence-corrected chi connectivity index (χ2v) is 5.69. The summed E-state index contributed by atoms with van der Waals surface area (Å²) in [6, 6.07) is 0. The number of rotatable bonds is 13. The van der Waals surface area contributed by atoms with E-state index >= 15 is 0 Å². The second-order valence-electron chi connectivity index (χ2n) is 4.49. The minimum Gasteiger partial charge on any atom is -1.00 e. The summed E-state index contributed by atoms with van der Waals surface area (Å²) in [5.74, 6) is 0. The summed E-state index contributed by atoms with van der Waals surface area (Å²) >= 11 is 0. The van der Waals surface area contributed by atoms with E-state index in [0.717, 1.165) is 12.8 Å². The van der Waals surface area contributed by atoms with Gasteiger partial charge in [-0.2, -0.15) is 8.42 Å². The summed E-state index contributed by atoms with van der Waals surface area (Å²) in [6.07, 6.45) is 11.7. The largest absolute Gasteiger partial charge is 1.00 e. The third-order valence-electron chi connectivity index (χ3n) is 2.82. The summed E-state index contributed by atoms with van der Waals surface area (Å²) in [7, 11) is -4.17. The van der Waals surface area contributed by atoms with Crippen LogP contribution in [0.25, 0.3) is 0 Å². The van der Waals surface area contributed by atoms with E-state index in [0.29, 0.717) is 6.42 Å². The summed E-state index contributed by atoms with van der Waals surface area (Å²) < 4.78 is 28.7. The van der Waals surface area contributed by atoms with Crippen LogP contribution < -0.4 is 29.6 Å². The molecule has 0 aromatic rings. The fourth-order valence-electron chi connectivity index (χ4n) is 1.77. The summed E-state index contributed by atoms with van der Waals surface area (Å²) in [5, 5.41) is 7.94. The smallest absolute Gasteiger partial charge is 1.00 e. The average Bonchev–Trinajstić information content (AvgIpc) is 2.36. The van der Waals surface area contributed by atoms with Crippen LogP contribution in [0.15, 0.2) is 0 Å². The van der Waals surface area contributed by atoms with Gasteiger partial charge in [0.25, 0.3) is 0 Å². The first kappa shape index (κ1) is 22.1. The minimum atomic E-state index is -4.17. The maximum Gasteiger partial charge on any atom is 1.00 e. The molecule has 0 saturated carbocycles. The summed E-state index contributed by atoms with van der Waals surface area (Å²) in [6.45, 7) is 2.28. The van der Waals surface area contributed by atoms with E-state index in [1.54, 1.807) is 0 Å². The molecule has 0 aromatic heterocycles. The first-order valence-corrected chi connectivity index (χ1v) is 8.18. The SMILES string of the molecule is CCCCCCCCCCCCOS(=O)(=O)OO.[H-].[Na+]. The molecule has 0 unspecified atom stereocenters. The van der Waals surface area contributed by atoms with Crippen LogP contribution in [-0.4, -0.2) is 20.3 Å². The molecule has 0 amide bonds. The van der Waals surface area contributed by atoms with Gasteiger partial charge in [-0.25, -0.2) is 9.44 Å². The maximum atomic E-state index is 10.6. The minimum absolute atomic E-state index is 0. The zero-order valence-electron chi connectivity index (χ0n) is 13.3. The monoisotopic (exact) mass is 306 g/mol. The second kappa shape index (κ2) is 15.2. The van der Waals surface area contributed by atoms with E-state index in [1.165, 1.54) is 44.9 Å². The van der Waals surface area contributed by atoms with Crippen molar-refractivity contribution in [1.29, 1.82) is 0 Å². The number of hydrogen-bond donors (Lipinski definition) is 1. The molecule has 0 fully saturated rings. The topological polar surface area (TPSA) is 72.8 Å². The fourth-order valence-corrected chi connectivity index (χ4v) is 2.14. The van der Waals surface area contributed by atoms with Crippen molar-refractivity contribution in [2.45, 2.75) is 71.1 Å². The summed E-state index contributed by atoms with van der Waals surface area (Å²) in [4.78, 5) is 0. The molecule has 0 bridgehead atoms. The van der Waals surface area contributed by atoms with Gasteiger partial charge in [0.2, 0.25) is 0 Å². The fraction of sp³-hybridized carbons (Fsp3) is 1.00. The zero-order valence-corrected chi connectivity index (χ0v) is 15.1. The van der Waals surface area contributed by atoms with E-state index < -0.39 is 10.4 Å². The molecule has 0 radical (unpaired) electrons. The Morgan fingerprint density at radius 3 is 1.74 bits per heavy atom. The van der Waals surface area contributed by atoms with Gasteiger partial charge in [-0.3, -0.25) is 0 Å². The molecule has 0 aromatic carbocycles. The van der Waals surface area contributed by atoms with E-state index in [2.05, 4.69) is 15.4 Å². The van der Waals surface area contributed by atoms with Gasteiger partial charge in [0, 0.05) is 0 Å². The number of hydrogen-bond acceptors (Lipinski definition) is 5. The molecule has 7 heteroatoms. The molecular formula is C12H27NaO5S. The van der Waals surface area contributed by atoms with Crippen LogP contribution in [0.1, 0.15) is 72.6 Å². The average molecular weight is 306 g/mol. The van der Waals surface area contributed by atoms with Gasteiger partial charge in [-0.1, -0.05) is 69.0 Å². The van der Waals surface area contributed by atoms with E-state index in [-0.39, 0.29) is 37.6 Å². The van der Waals surface area contributed by atoms with Crippen LogP contribution in [0.2, 0.25) is 0 Å². The molecule has 0 aliphatic heterocycles. The quantitative estimate of drug-likeness (QED) is 0.235. The third-order valence-corrected chi connectivity index (χ3v) is 3.45. The predicted molar refractivity (Wildman–Crippen MR) is 71.5 cm³/mol. The van der Waals surface area contributed by atoms with Gasteiger partial charge in [-0.05, 0) is 6.42 Å². The Labute approximate surface area is 141 Å². The van der Waals surface area contributed by atoms with Crippen molar-refractivity contribution in [3.05, 3.63) is 0 Å². The van der Waals surface area contributed by atoms with Crippen LogP contribution in [0.5, 0.6) is 0 Å². The predicted octanol–water partition coefficient (Wildman–Crippen LogP) is 0.775. The Kier molecular flexibility index (Phi) is 17.7. The number of unbranched alkanes of at least 4 members (excludes halogenated alkanes) is 9.